The summed E-state index contributed by atoms with van der Waals surface area (Å²) in [6.07, 6.45) is 1.85. The monoisotopic (exact) mass is 322 g/mol. The number of aromatic nitrogens is 2. The minimum atomic E-state index is -0.916. The largest absolute Gasteiger partial charge is 0.388 e. The first-order valence-corrected chi connectivity index (χ1v) is 7.47. The van der Waals surface area contributed by atoms with E-state index in [0.29, 0.717) is 12.4 Å². The second kappa shape index (κ2) is 5.36. The van der Waals surface area contributed by atoms with E-state index >= 15 is 0 Å². The minimum Gasteiger partial charge on any atom is -0.388 e. The van der Waals surface area contributed by atoms with E-state index in [1.807, 2.05) is 0 Å². The van der Waals surface area contributed by atoms with Crippen molar-refractivity contribution in [3.8, 4) is 11.4 Å². The molecule has 2 fully saturated rings. The Bertz CT molecular complexity index is 749. The number of hydrogen-bond acceptors (Lipinski definition) is 4. The number of benzene rings is 1. The zero-order valence-electron chi connectivity index (χ0n) is 12.4. The van der Waals surface area contributed by atoms with Gasteiger partial charge < -0.3 is 19.1 Å². The molecule has 23 heavy (non-hydrogen) atoms. The van der Waals surface area contributed by atoms with Crippen LogP contribution in [0.5, 0.6) is 0 Å². The van der Waals surface area contributed by atoms with Crippen molar-refractivity contribution in [1.82, 2.24) is 9.55 Å². The molecular formula is C16H16F2N2O3. The molecule has 0 bridgehead atoms. The van der Waals surface area contributed by atoms with Gasteiger partial charge in [0.1, 0.15) is 24.1 Å². The Hall–Kier alpha value is -1.83. The highest BCUT2D eigenvalue weighted by atomic mass is 19.2. The highest BCUT2D eigenvalue weighted by molar-refractivity contribution is 5.57. The third kappa shape index (κ3) is 2.19. The fourth-order valence-corrected chi connectivity index (χ4v) is 3.31. The predicted molar refractivity (Wildman–Crippen MR) is 76.8 cm³/mol. The second-order valence-electron chi connectivity index (χ2n) is 5.95. The molecule has 4 atom stereocenters. The summed E-state index contributed by atoms with van der Waals surface area (Å²) in [5.74, 6) is -1.47. The molecule has 122 valence electrons. The molecule has 0 saturated carbocycles. The third-order valence-electron chi connectivity index (χ3n) is 4.54. The maximum absolute atomic E-state index is 14.3. The van der Waals surface area contributed by atoms with Crippen molar-refractivity contribution in [2.45, 2.75) is 31.3 Å². The zero-order valence-corrected chi connectivity index (χ0v) is 12.4. The van der Waals surface area contributed by atoms with Crippen LogP contribution in [-0.4, -0.2) is 46.2 Å². The number of aryl methyl sites for hydroxylation is 1. The Morgan fingerprint density at radius 1 is 1.17 bits per heavy atom. The maximum Gasteiger partial charge on any atom is 0.170 e. The van der Waals surface area contributed by atoms with Gasteiger partial charge in [-0.2, -0.15) is 0 Å². The predicted octanol–water partition coefficient (Wildman–Crippen LogP) is 1.84. The van der Waals surface area contributed by atoms with Gasteiger partial charge in [0.15, 0.2) is 11.6 Å². The number of fused-ring (bicyclic) bond motifs is 1. The summed E-state index contributed by atoms with van der Waals surface area (Å²) >= 11 is 0. The van der Waals surface area contributed by atoms with E-state index in [-0.39, 0.29) is 29.9 Å². The minimum absolute atomic E-state index is 0.0973. The molecule has 5 nitrogen and oxygen atoms in total. The van der Waals surface area contributed by atoms with Crippen molar-refractivity contribution in [1.29, 1.82) is 0 Å². The van der Waals surface area contributed by atoms with Crippen LogP contribution in [-0.2, 0) is 9.47 Å². The fraction of sp³-hybridized carbons (Fsp3) is 0.438. The molecule has 7 heteroatoms. The molecule has 0 amide bonds. The summed E-state index contributed by atoms with van der Waals surface area (Å²) in [5.41, 5.74) is 0.343. The lowest BCUT2D eigenvalue weighted by Gasteiger charge is -2.20. The number of rotatable bonds is 2. The van der Waals surface area contributed by atoms with Crippen molar-refractivity contribution in [3.05, 3.63) is 41.7 Å². The molecule has 3 heterocycles. The van der Waals surface area contributed by atoms with E-state index in [1.54, 1.807) is 10.8 Å². The lowest BCUT2D eigenvalue weighted by molar-refractivity contribution is 0.0172. The van der Waals surface area contributed by atoms with Crippen LogP contribution >= 0.6 is 0 Å². The first kappa shape index (κ1) is 14.7. The molecule has 2 saturated heterocycles. The fourth-order valence-electron chi connectivity index (χ4n) is 3.31. The van der Waals surface area contributed by atoms with Gasteiger partial charge in [-0.05, 0) is 18.6 Å². The molecule has 0 spiro atoms. The average molecular weight is 322 g/mol. The van der Waals surface area contributed by atoms with Crippen LogP contribution < -0.4 is 0 Å². The summed E-state index contributed by atoms with van der Waals surface area (Å²) < 4.78 is 41.1. The van der Waals surface area contributed by atoms with Gasteiger partial charge in [0.05, 0.1) is 24.8 Å². The lowest BCUT2D eigenvalue weighted by Crippen LogP contribution is -2.30. The van der Waals surface area contributed by atoms with E-state index in [2.05, 4.69) is 4.98 Å². The van der Waals surface area contributed by atoms with E-state index < -0.39 is 23.8 Å². The molecule has 1 aromatic heterocycles. The second-order valence-corrected chi connectivity index (χ2v) is 5.95. The Morgan fingerprint density at radius 3 is 2.78 bits per heavy atom. The molecule has 2 aliphatic rings. The van der Waals surface area contributed by atoms with Crippen LogP contribution in [0.25, 0.3) is 11.4 Å². The van der Waals surface area contributed by atoms with E-state index in [4.69, 9.17) is 9.47 Å². The SMILES string of the molecule is Cc1ccc(-c2nccn2[C@H]2CO[C@H]3[C@@H]2OC[C@H]3O)c(F)c1F. The third-order valence-corrected chi connectivity index (χ3v) is 4.54. The van der Waals surface area contributed by atoms with Crippen molar-refractivity contribution in [2.75, 3.05) is 13.2 Å². The zero-order chi connectivity index (χ0) is 16.1. The van der Waals surface area contributed by atoms with Gasteiger partial charge in [-0.25, -0.2) is 13.8 Å². The number of aliphatic hydroxyl groups excluding tert-OH is 1. The molecule has 0 unspecified atom stereocenters. The number of hydrogen-bond donors (Lipinski definition) is 1. The molecule has 0 radical (unpaired) electrons. The summed E-state index contributed by atoms with van der Waals surface area (Å²) in [6.45, 7) is 2.05. The average Bonchev–Trinajstić information content (AvgIpc) is 3.23. The molecule has 4 rings (SSSR count). The standard InChI is InChI=1S/C16H16F2N2O3/c1-8-2-3-9(13(18)12(8)17)16-19-4-5-20(16)10-6-22-15-11(21)7-23-14(10)15/h2-5,10-11,14-15,21H,6-7H2,1H3/t10-,11+,14+,15+/m0/s1. The number of imidazole rings is 1. The van der Waals surface area contributed by atoms with Crippen molar-refractivity contribution >= 4 is 0 Å². The highest BCUT2D eigenvalue weighted by Gasteiger charge is 2.48. The normalized spacial score (nSPS) is 29.9. The van der Waals surface area contributed by atoms with Crippen LogP contribution in [0.1, 0.15) is 11.6 Å². The first-order chi connectivity index (χ1) is 11.1. The Labute approximate surface area is 131 Å². The smallest absolute Gasteiger partial charge is 0.170 e. The van der Waals surface area contributed by atoms with Crippen LogP contribution in [0.4, 0.5) is 8.78 Å². The molecule has 2 aromatic rings. The molecule has 0 aliphatic carbocycles. The van der Waals surface area contributed by atoms with Crippen molar-refractivity contribution in [3.63, 3.8) is 0 Å². The Kier molecular flexibility index (Phi) is 3.44. The van der Waals surface area contributed by atoms with E-state index in [1.165, 1.54) is 25.3 Å². The summed E-state index contributed by atoms with van der Waals surface area (Å²) in [5, 5.41) is 9.83. The highest BCUT2D eigenvalue weighted by Crippen LogP contribution is 2.37. The quantitative estimate of drug-likeness (QED) is 0.917. The van der Waals surface area contributed by atoms with Crippen molar-refractivity contribution < 1.29 is 23.4 Å². The maximum atomic E-state index is 14.3. The van der Waals surface area contributed by atoms with Gasteiger partial charge >= 0.3 is 0 Å². The first-order valence-electron chi connectivity index (χ1n) is 7.47. The molecular weight excluding hydrogens is 306 g/mol. The van der Waals surface area contributed by atoms with Crippen LogP contribution in [0, 0.1) is 18.6 Å². The van der Waals surface area contributed by atoms with Gasteiger partial charge in [0.2, 0.25) is 0 Å². The number of nitrogens with zero attached hydrogens (tertiary/aromatic N) is 2. The van der Waals surface area contributed by atoms with Crippen LogP contribution in [0.3, 0.4) is 0 Å². The Balaban J connectivity index is 1.74. The number of aliphatic hydroxyl groups is 1. The van der Waals surface area contributed by atoms with Gasteiger partial charge in [0.25, 0.3) is 0 Å². The van der Waals surface area contributed by atoms with E-state index in [9.17, 15) is 13.9 Å². The summed E-state index contributed by atoms with van der Waals surface area (Å²) in [6, 6.07) is 2.80. The lowest BCUT2D eigenvalue weighted by atomic mass is 10.1. The topological polar surface area (TPSA) is 56.5 Å². The van der Waals surface area contributed by atoms with E-state index in [0.717, 1.165) is 0 Å². The molecule has 1 aromatic carbocycles. The van der Waals surface area contributed by atoms with Crippen molar-refractivity contribution in [2.24, 2.45) is 0 Å². The number of ether oxygens (including phenoxy) is 2. The summed E-state index contributed by atoms with van der Waals surface area (Å²) in [7, 11) is 0. The van der Waals surface area contributed by atoms with Gasteiger partial charge in [-0.1, -0.05) is 6.07 Å². The van der Waals surface area contributed by atoms with Gasteiger partial charge in [0, 0.05) is 12.4 Å². The van der Waals surface area contributed by atoms with Crippen LogP contribution in [0.15, 0.2) is 24.5 Å². The van der Waals surface area contributed by atoms with Gasteiger partial charge in [-0.15, -0.1) is 0 Å². The summed E-state index contributed by atoms with van der Waals surface area (Å²) in [4.78, 5) is 4.18. The molecule has 2 aliphatic heterocycles. The molecule has 1 N–H and O–H groups in total. The number of halogens is 2. The Morgan fingerprint density at radius 2 is 1.96 bits per heavy atom. The van der Waals surface area contributed by atoms with Crippen LogP contribution in [0.2, 0.25) is 0 Å². The van der Waals surface area contributed by atoms with Gasteiger partial charge in [-0.3, -0.25) is 0 Å².